The first-order valence-corrected chi connectivity index (χ1v) is 6.19. The summed E-state index contributed by atoms with van der Waals surface area (Å²) in [6, 6.07) is 0.915. The molecule has 1 aliphatic heterocycles. The minimum atomic E-state index is -0.0370. The van der Waals surface area contributed by atoms with Crippen LogP contribution in [0.3, 0.4) is 0 Å². The fourth-order valence-corrected chi connectivity index (χ4v) is 1.79. The van der Waals surface area contributed by atoms with Crippen LogP contribution in [0.15, 0.2) is 0 Å². The largest absolute Gasteiger partial charge is 0.396 e. The molecule has 0 saturated carbocycles. The SMILES string of the molecule is CC(CC1COCCN1)NCC(C)(C)CO. The van der Waals surface area contributed by atoms with Gasteiger partial charge in [0.15, 0.2) is 0 Å². The predicted octanol–water partition coefficient (Wildman–Crippen LogP) is 0.362. The van der Waals surface area contributed by atoms with Crippen LogP contribution in [0, 0.1) is 5.41 Å². The van der Waals surface area contributed by atoms with Gasteiger partial charge in [0, 0.05) is 37.2 Å². The number of hydrogen-bond donors (Lipinski definition) is 3. The number of aliphatic hydroxyl groups is 1. The van der Waals surface area contributed by atoms with Crippen molar-refractivity contribution in [3.05, 3.63) is 0 Å². The summed E-state index contributed by atoms with van der Waals surface area (Å²) in [6.45, 7) is 9.98. The van der Waals surface area contributed by atoms with E-state index < -0.39 is 0 Å². The van der Waals surface area contributed by atoms with E-state index in [1.165, 1.54) is 0 Å². The van der Waals surface area contributed by atoms with Crippen LogP contribution in [0.25, 0.3) is 0 Å². The van der Waals surface area contributed by atoms with Crippen molar-refractivity contribution < 1.29 is 9.84 Å². The standard InChI is InChI=1S/C12H26N2O2/c1-10(14-8-12(2,3)9-15)6-11-7-16-5-4-13-11/h10-11,13-15H,4-9H2,1-3H3. The molecular formula is C12H26N2O2. The van der Waals surface area contributed by atoms with Crippen LogP contribution in [-0.2, 0) is 4.74 Å². The summed E-state index contributed by atoms with van der Waals surface area (Å²) in [5, 5.41) is 16.1. The normalized spacial score (nSPS) is 24.4. The van der Waals surface area contributed by atoms with Crippen LogP contribution in [-0.4, -0.2) is 50.1 Å². The highest BCUT2D eigenvalue weighted by molar-refractivity contribution is 4.78. The molecule has 1 rings (SSSR count). The number of rotatable bonds is 6. The molecule has 1 saturated heterocycles. The van der Waals surface area contributed by atoms with Crippen molar-refractivity contribution in [2.45, 2.75) is 39.3 Å². The molecule has 1 aliphatic rings. The van der Waals surface area contributed by atoms with E-state index in [4.69, 9.17) is 9.84 Å². The fourth-order valence-electron chi connectivity index (χ4n) is 1.79. The van der Waals surface area contributed by atoms with Crippen molar-refractivity contribution in [2.24, 2.45) is 5.41 Å². The van der Waals surface area contributed by atoms with Gasteiger partial charge in [0.05, 0.1) is 13.2 Å². The monoisotopic (exact) mass is 230 g/mol. The van der Waals surface area contributed by atoms with Gasteiger partial charge in [-0.05, 0) is 13.3 Å². The Labute approximate surface area is 98.8 Å². The third-order valence-corrected chi connectivity index (χ3v) is 2.99. The molecule has 0 aromatic rings. The van der Waals surface area contributed by atoms with Gasteiger partial charge in [-0.15, -0.1) is 0 Å². The van der Waals surface area contributed by atoms with Crippen LogP contribution in [0.5, 0.6) is 0 Å². The van der Waals surface area contributed by atoms with Crippen molar-refractivity contribution in [1.29, 1.82) is 0 Å². The first-order valence-electron chi connectivity index (χ1n) is 6.19. The van der Waals surface area contributed by atoms with E-state index in [0.717, 1.165) is 32.7 Å². The van der Waals surface area contributed by atoms with Crippen molar-refractivity contribution in [1.82, 2.24) is 10.6 Å². The molecule has 1 fully saturated rings. The number of ether oxygens (including phenoxy) is 1. The quantitative estimate of drug-likeness (QED) is 0.617. The van der Waals surface area contributed by atoms with Gasteiger partial charge in [0.2, 0.25) is 0 Å². The molecular weight excluding hydrogens is 204 g/mol. The van der Waals surface area contributed by atoms with E-state index in [1.807, 2.05) is 0 Å². The smallest absolute Gasteiger partial charge is 0.0620 e. The van der Waals surface area contributed by atoms with E-state index >= 15 is 0 Å². The van der Waals surface area contributed by atoms with E-state index in [2.05, 4.69) is 31.4 Å². The second-order valence-electron chi connectivity index (χ2n) is 5.57. The average Bonchev–Trinajstić information content (AvgIpc) is 2.28. The molecule has 96 valence electrons. The van der Waals surface area contributed by atoms with Crippen molar-refractivity contribution in [3.8, 4) is 0 Å². The maximum atomic E-state index is 9.16. The van der Waals surface area contributed by atoms with Crippen LogP contribution in [0.1, 0.15) is 27.2 Å². The Balaban J connectivity index is 2.17. The first kappa shape index (κ1) is 13.9. The zero-order valence-electron chi connectivity index (χ0n) is 10.8. The maximum absolute atomic E-state index is 9.16. The number of aliphatic hydroxyl groups excluding tert-OH is 1. The highest BCUT2D eigenvalue weighted by atomic mass is 16.5. The van der Waals surface area contributed by atoms with Crippen LogP contribution in [0.2, 0.25) is 0 Å². The van der Waals surface area contributed by atoms with Gasteiger partial charge in [0.25, 0.3) is 0 Å². The van der Waals surface area contributed by atoms with Crippen molar-refractivity contribution >= 4 is 0 Å². The van der Waals surface area contributed by atoms with E-state index in [-0.39, 0.29) is 12.0 Å². The molecule has 0 spiro atoms. The Hall–Kier alpha value is -0.160. The molecule has 0 amide bonds. The molecule has 3 N–H and O–H groups in total. The van der Waals surface area contributed by atoms with Gasteiger partial charge >= 0.3 is 0 Å². The van der Waals surface area contributed by atoms with E-state index in [9.17, 15) is 0 Å². The lowest BCUT2D eigenvalue weighted by atomic mass is 9.94. The summed E-state index contributed by atoms with van der Waals surface area (Å²) < 4.78 is 5.42. The van der Waals surface area contributed by atoms with E-state index in [0.29, 0.717) is 12.1 Å². The highest BCUT2D eigenvalue weighted by Crippen LogP contribution is 2.12. The minimum absolute atomic E-state index is 0.0370. The van der Waals surface area contributed by atoms with Gasteiger partial charge in [-0.25, -0.2) is 0 Å². The van der Waals surface area contributed by atoms with Gasteiger partial charge < -0.3 is 20.5 Å². The second kappa shape index (κ2) is 6.55. The number of morpholine rings is 1. The third-order valence-electron chi connectivity index (χ3n) is 2.99. The molecule has 0 radical (unpaired) electrons. The predicted molar refractivity (Wildman–Crippen MR) is 65.6 cm³/mol. The second-order valence-corrected chi connectivity index (χ2v) is 5.57. The molecule has 4 heteroatoms. The number of nitrogens with one attached hydrogen (secondary N) is 2. The average molecular weight is 230 g/mol. The lowest BCUT2D eigenvalue weighted by Crippen LogP contribution is -2.46. The van der Waals surface area contributed by atoms with Gasteiger partial charge in [-0.3, -0.25) is 0 Å². The fraction of sp³-hybridized carbons (Fsp3) is 1.00. The highest BCUT2D eigenvalue weighted by Gasteiger charge is 2.20. The minimum Gasteiger partial charge on any atom is -0.396 e. The van der Waals surface area contributed by atoms with Crippen molar-refractivity contribution in [3.63, 3.8) is 0 Å². The topological polar surface area (TPSA) is 53.5 Å². The van der Waals surface area contributed by atoms with Crippen LogP contribution in [0.4, 0.5) is 0 Å². The Morgan fingerprint density at radius 3 is 2.88 bits per heavy atom. The molecule has 2 unspecified atom stereocenters. The Kier molecular flexibility index (Phi) is 5.69. The molecule has 4 nitrogen and oxygen atoms in total. The lowest BCUT2D eigenvalue weighted by Gasteiger charge is -2.29. The molecule has 16 heavy (non-hydrogen) atoms. The molecule has 2 atom stereocenters. The zero-order valence-corrected chi connectivity index (χ0v) is 10.8. The Morgan fingerprint density at radius 2 is 2.31 bits per heavy atom. The summed E-state index contributed by atoms with van der Waals surface area (Å²) in [6.07, 6.45) is 1.07. The molecule has 1 heterocycles. The lowest BCUT2D eigenvalue weighted by molar-refractivity contribution is 0.0702. The summed E-state index contributed by atoms with van der Waals surface area (Å²) in [5.74, 6) is 0. The summed E-state index contributed by atoms with van der Waals surface area (Å²) >= 11 is 0. The summed E-state index contributed by atoms with van der Waals surface area (Å²) in [7, 11) is 0. The zero-order chi connectivity index (χ0) is 12.0. The van der Waals surface area contributed by atoms with Gasteiger partial charge in [-0.1, -0.05) is 13.8 Å². The summed E-state index contributed by atoms with van der Waals surface area (Å²) in [5.41, 5.74) is -0.0370. The Morgan fingerprint density at radius 1 is 1.56 bits per heavy atom. The van der Waals surface area contributed by atoms with Gasteiger partial charge in [-0.2, -0.15) is 0 Å². The molecule has 0 bridgehead atoms. The van der Waals surface area contributed by atoms with Crippen LogP contribution < -0.4 is 10.6 Å². The first-order chi connectivity index (χ1) is 7.53. The van der Waals surface area contributed by atoms with Crippen LogP contribution >= 0.6 is 0 Å². The molecule has 0 aromatic heterocycles. The molecule has 0 aromatic carbocycles. The maximum Gasteiger partial charge on any atom is 0.0620 e. The Bertz CT molecular complexity index is 191. The number of hydrogen-bond acceptors (Lipinski definition) is 4. The van der Waals surface area contributed by atoms with Gasteiger partial charge in [0.1, 0.15) is 0 Å². The van der Waals surface area contributed by atoms with E-state index in [1.54, 1.807) is 0 Å². The third kappa shape index (κ3) is 5.25. The molecule has 0 aliphatic carbocycles. The summed E-state index contributed by atoms with van der Waals surface area (Å²) in [4.78, 5) is 0. The van der Waals surface area contributed by atoms with Crippen molar-refractivity contribution in [2.75, 3.05) is 32.9 Å².